The Hall–Kier alpha value is -1.10. The van der Waals surface area contributed by atoms with Crippen molar-refractivity contribution < 1.29 is 19.4 Å². The Morgan fingerprint density at radius 2 is 2.00 bits per heavy atom. The zero-order valence-corrected chi connectivity index (χ0v) is 10.2. The van der Waals surface area contributed by atoms with E-state index in [1.807, 2.05) is 6.92 Å². The monoisotopic (exact) mass is 229 g/mol. The van der Waals surface area contributed by atoms with Gasteiger partial charge in [-0.25, -0.2) is 4.79 Å². The molecule has 1 fully saturated rings. The molecule has 92 valence electrons. The van der Waals surface area contributed by atoms with Crippen LogP contribution in [0.5, 0.6) is 0 Å². The van der Waals surface area contributed by atoms with Crippen LogP contribution < -0.4 is 0 Å². The van der Waals surface area contributed by atoms with Crippen LogP contribution in [0.4, 0.5) is 0 Å². The van der Waals surface area contributed by atoms with Crippen molar-refractivity contribution in [2.24, 2.45) is 5.92 Å². The van der Waals surface area contributed by atoms with Crippen LogP contribution in [0.15, 0.2) is 0 Å². The summed E-state index contributed by atoms with van der Waals surface area (Å²) in [5.74, 6) is -1.20. The number of rotatable bonds is 3. The highest BCUT2D eigenvalue weighted by Crippen LogP contribution is 2.27. The van der Waals surface area contributed by atoms with Gasteiger partial charge in [0.15, 0.2) is 0 Å². The van der Waals surface area contributed by atoms with Crippen molar-refractivity contribution in [3.05, 3.63) is 0 Å². The predicted octanol–water partition coefficient (Wildman–Crippen LogP) is 0.733. The molecule has 0 aromatic heterocycles. The summed E-state index contributed by atoms with van der Waals surface area (Å²) >= 11 is 0. The van der Waals surface area contributed by atoms with E-state index in [1.165, 1.54) is 12.0 Å². The molecule has 0 saturated carbocycles. The molecule has 1 N–H and O–H groups in total. The lowest BCUT2D eigenvalue weighted by molar-refractivity contribution is -0.159. The topological polar surface area (TPSA) is 66.8 Å². The van der Waals surface area contributed by atoms with E-state index in [0.29, 0.717) is 6.54 Å². The summed E-state index contributed by atoms with van der Waals surface area (Å²) in [5, 5.41) is 9.11. The maximum atomic E-state index is 12.1. The first-order chi connectivity index (χ1) is 7.31. The smallest absolute Gasteiger partial charge is 0.326 e. The van der Waals surface area contributed by atoms with Gasteiger partial charge >= 0.3 is 5.97 Å². The van der Waals surface area contributed by atoms with E-state index < -0.39 is 17.6 Å². The molecular weight excluding hydrogens is 210 g/mol. The van der Waals surface area contributed by atoms with Crippen molar-refractivity contribution in [2.75, 3.05) is 13.7 Å². The second kappa shape index (κ2) is 4.41. The maximum Gasteiger partial charge on any atom is 0.326 e. The lowest BCUT2D eigenvalue weighted by Gasteiger charge is -2.31. The number of aliphatic carboxylic acids is 1. The van der Waals surface area contributed by atoms with Gasteiger partial charge in [-0.1, -0.05) is 6.92 Å². The molecule has 1 heterocycles. The average molecular weight is 229 g/mol. The van der Waals surface area contributed by atoms with Crippen LogP contribution in [0.1, 0.15) is 27.2 Å². The highest BCUT2D eigenvalue weighted by atomic mass is 16.5. The molecular formula is C11H19NO4. The standard InChI is InChI=1S/C11H19NO4/c1-7-5-6-12(8(7)9(13)14)10(15)11(2,3)16-4/h7-8H,5-6H2,1-4H3,(H,13,14). The minimum atomic E-state index is -0.961. The quantitative estimate of drug-likeness (QED) is 0.774. The molecule has 1 aliphatic heterocycles. The van der Waals surface area contributed by atoms with Crippen LogP contribution in [-0.2, 0) is 14.3 Å². The molecule has 0 aromatic carbocycles. The fourth-order valence-corrected chi connectivity index (χ4v) is 1.98. The third-order valence-electron chi connectivity index (χ3n) is 3.24. The van der Waals surface area contributed by atoms with Crippen molar-refractivity contribution in [2.45, 2.75) is 38.8 Å². The maximum absolute atomic E-state index is 12.1. The Morgan fingerprint density at radius 1 is 1.44 bits per heavy atom. The van der Waals surface area contributed by atoms with Gasteiger partial charge in [-0.3, -0.25) is 4.79 Å². The van der Waals surface area contributed by atoms with Crippen LogP contribution in [0.25, 0.3) is 0 Å². The molecule has 0 radical (unpaired) electrons. The Bertz CT molecular complexity index is 300. The molecule has 1 aliphatic rings. The Morgan fingerprint density at radius 3 is 2.44 bits per heavy atom. The van der Waals surface area contributed by atoms with Crippen molar-refractivity contribution in [3.63, 3.8) is 0 Å². The summed E-state index contributed by atoms with van der Waals surface area (Å²) in [4.78, 5) is 24.6. The number of nitrogens with zero attached hydrogens (tertiary/aromatic N) is 1. The van der Waals surface area contributed by atoms with E-state index in [1.54, 1.807) is 13.8 Å². The van der Waals surface area contributed by atoms with Crippen LogP contribution in [0.3, 0.4) is 0 Å². The Labute approximate surface area is 95.4 Å². The molecule has 0 aromatic rings. The molecule has 1 rings (SSSR count). The van der Waals surface area contributed by atoms with E-state index in [4.69, 9.17) is 9.84 Å². The van der Waals surface area contributed by atoms with Gasteiger partial charge < -0.3 is 14.7 Å². The molecule has 0 bridgehead atoms. The number of ether oxygens (including phenoxy) is 1. The highest BCUT2D eigenvalue weighted by Gasteiger charge is 2.44. The summed E-state index contributed by atoms with van der Waals surface area (Å²) in [6.07, 6.45) is 0.725. The molecule has 2 atom stereocenters. The molecule has 1 saturated heterocycles. The van der Waals surface area contributed by atoms with Crippen LogP contribution >= 0.6 is 0 Å². The van der Waals surface area contributed by atoms with Gasteiger partial charge in [0.2, 0.25) is 0 Å². The predicted molar refractivity (Wildman–Crippen MR) is 58.0 cm³/mol. The largest absolute Gasteiger partial charge is 0.480 e. The van der Waals surface area contributed by atoms with Gasteiger partial charge in [-0.05, 0) is 26.2 Å². The SMILES string of the molecule is COC(C)(C)C(=O)N1CCC(C)C1C(=O)O. The zero-order valence-electron chi connectivity index (χ0n) is 10.2. The third kappa shape index (κ3) is 2.19. The second-order valence-corrected chi connectivity index (χ2v) is 4.76. The van der Waals surface area contributed by atoms with E-state index in [2.05, 4.69) is 0 Å². The van der Waals surface area contributed by atoms with Gasteiger partial charge in [-0.15, -0.1) is 0 Å². The van der Waals surface area contributed by atoms with Crippen molar-refractivity contribution in [1.82, 2.24) is 4.90 Å². The Kier molecular flexibility index (Phi) is 3.57. The van der Waals surface area contributed by atoms with Crippen LogP contribution in [0.2, 0.25) is 0 Å². The van der Waals surface area contributed by atoms with Gasteiger partial charge in [0.1, 0.15) is 11.6 Å². The number of amides is 1. The van der Waals surface area contributed by atoms with Gasteiger partial charge in [0.05, 0.1) is 0 Å². The first kappa shape index (κ1) is 13.0. The van der Waals surface area contributed by atoms with E-state index >= 15 is 0 Å². The molecule has 0 aliphatic carbocycles. The molecule has 5 heteroatoms. The normalized spacial score (nSPS) is 25.9. The Balaban J connectivity index is 2.88. The number of hydrogen-bond acceptors (Lipinski definition) is 3. The first-order valence-electron chi connectivity index (χ1n) is 5.40. The number of hydrogen-bond donors (Lipinski definition) is 1. The fraction of sp³-hybridized carbons (Fsp3) is 0.818. The summed E-state index contributed by atoms with van der Waals surface area (Å²) in [6, 6.07) is -0.720. The van der Waals surface area contributed by atoms with E-state index in [0.717, 1.165) is 6.42 Å². The molecule has 0 spiro atoms. The number of carbonyl (C=O) groups excluding carboxylic acids is 1. The number of carbonyl (C=O) groups is 2. The first-order valence-corrected chi connectivity index (χ1v) is 5.40. The van der Waals surface area contributed by atoms with Gasteiger partial charge in [-0.2, -0.15) is 0 Å². The van der Waals surface area contributed by atoms with Gasteiger partial charge in [0.25, 0.3) is 5.91 Å². The summed E-state index contributed by atoms with van der Waals surface area (Å²) in [6.45, 7) is 5.64. The van der Waals surface area contributed by atoms with Crippen molar-refractivity contribution in [1.29, 1.82) is 0 Å². The zero-order chi connectivity index (χ0) is 12.5. The lowest BCUT2D eigenvalue weighted by Crippen LogP contribution is -2.51. The number of methoxy groups -OCH3 is 1. The van der Waals surface area contributed by atoms with E-state index in [-0.39, 0.29) is 11.8 Å². The van der Waals surface area contributed by atoms with Crippen LogP contribution in [0, 0.1) is 5.92 Å². The summed E-state index contributed by atoms with van der Waals surface area (Å²) in [5.41, 5.74) is -0.961. The minimum absolute atomic E-state index is 0.00546. The highest BCUT2D eigenvalue weighted by molar-refractivity contribution is 5.89. The second-order valence-electron chi connectivity index (χ2n) is 4.76. The number of carboxylic acids is 1. The number of likely N-dealkylation sites (tertiary alicyclic amines) is 1. The lowest BCUT2D eigenvalue weighted by atomic mass is 10.0. The van der Waals surface area contributed by atoms with E-state index in [9.17, 15) is 9.59 Å². The molecule has 16 heavy (non-hydrogen) atoms. The summed E-state index contributed by atoms with van der Waals surface area (Å²) < 4.78 is 5.09. The number of carboxylic acid groups (broad SMARTS) is 1. The third-order valence-corrected chi connectivity index (χ3v) is 3.24. The van der Waals surface area contributed by atoms with Gasteiger partial charge in [0, 0.05) is 13.7 Å². The van der Waals surface area contributed by atoms with Crippen molar-refractivity contribution in [3.8, 4) is 0 Å². The average Bonchev–Trinajstić information content (AvgIpc) is 2.58. The molecule has 5 nitrogen and oxygen atoms in total. The molecule has 1 amide bonds. The fourth-order valence-electron chi connectivity index (χ4n) is 1.98. The molecule has 2 unspecified atom stereocenters. The summed E-state index contributed by atoms with van der Waals surface area (Å²) in [7, 11) is 1.45. The van der Waals surface area contributed by atoms with Crippen molar-refractivity contribution >= 4 is 11.9 Å². The minimum Gasteiger partial charge on any atom is -0.480 e. The van der Waals surface area contributed by atoms with Crippen LogP contribution in [-0.4, -0.2) is 47.2 Å².